The normalized spacial score (nSPS) is 36.4. The first-order chi connectivity index (χ1) is 18.5. The van der Waals surface area contributed by atoms with Crippen molar-refractivity contribution in [2.75, 3.05) is 6.54 Å². The Morgan fingerprint density at radius 3 is 2.54 bits per heavy atom. The number of fused-ring (bicyclic) bond motifs is 5. The average Bonchev–Trinajstić information content (AvgIpc) is 3.23. The van der Waals surface area contributed by atoms with Gasteiger partial charge in [-0.25, -0.2) is 4.79 Å². The number of hydrogen-bond acceptors (Lipinski definition) is 3. The molecule has 3 unspecified atom stereocenters. The number of aliphatic carboxylic acids is 1. The molecule has 0 heterocycles. The summed E-state index contributed by atoms with van der Waals surface area (Å²) in [4.78, 5) is 23.0. The van der Waals surface area contributed by atoms with E-state index >= 15 is 0 Å². The largest absolute Gasteiger partial charge is 0.481 e. The maximum absolute atomic E-state index is 12.4. The van der Waals surface area contributed by atoms with Crippen molar-refractivity contribution in [3.05, 3.63) is 11.6 Å². The molecule has 2 N–H and O–H groups in total. The van der Waals surface area contributed by atoms with Crippen molar-refractivity contribution >= 4 is 12.1 Å². The Kier molecular flexibility index (Phi) is 10.1. The van der Waals surface area contributed by atoms with Gasteiger partial charge in [-0.15, -0.1) is 0 Å². The molecule has 0 aromatic heterocycles. The van der Waals surface area contributed by atoms with Gasteiger partial charge in [0.25, 0.3) is 0 Å². The number of carboxylic acids is 1. The lowest BCUT2D eigenvalue weighted by Gasteiger charge is -2.58. The highest BCUT2D eigenvalue weighted by Crippen LogP contribution is 2.67. The third-order valence-electron chi connectivity index (χ3n) is 11.9. The van der Waals surface area contributed by atoms with Crippen LogP contribution < -0.4 is 5.32 Å². The van der Waals surface area contributed by atoms with Crippen LogP contribution in [0.15, 0.2) is 11.6 Å². The molecule has 4 rings (SSSR count). The van der Waals surface area contributed by atoms with E-state index in [2.05, 4.69) is 46.0 Å². The van der Waals surface area contributed by atoms with Crippen LogP contribution >= 0.6 is 0 Å². The van der Waals surface area contributed by atoms with Gasteiger partial charge >= 0.3 is 12.1 Å². The number of carboxylic acid groups (broad SMARTS) is 1. The number of unbranched alkanes of at least 4 members (excludes halogenated alkanes) is 2. The number of nitrogens with one attached hydrogen (secondary N) is 1. The van der Waals surface area contributed by atoms with Gasteiger partial charge in [-0.05, 0) is 104 Å². The minimum atomic E-state index is -0.758. The average molecular weight is 544 g/mol. The Labute approximate surface area is 238 Å². The highest BCUT2D eigenvalue weighted by atomic mass is 16.6. The van der Waals surface area contributed by atoms with Crippen molar-refractivity contribution in [2.24, 2.45) is 46.3 Å². The number of allylic oxidation sites excluding steroid dienone is 1. The standard InChI is InChI=1S/C34H57NO4/c1-23(2)10-9-11-24(3)28-15-16-29-27-14-13-25-22-26(39-32(38)35-21-8-6-7-12-31(36)37)17-19-33(25,4)30(27)18-20-34(28,29)5/h13,23-24,26-30H,6-12,14-22H2,1-5H3,(H,35,38)(H,36,37)/t24-,26+,27+,28?,29?,30?,33+,34-/m1/s1. The Balaban J connectivity index is 1.30. The smallest absolute Gasteiger partial charge is 0.407 e. The lowest BCUT2D eigenvalue weighted by atomic mass is 9.47. The fraction of sp³-hybridized carbons (Fsp3) is 0.882. The van der Waals surface area contributed by atoms with Crippen molar-refractivity contribution in [3.63, 3.8) is 0 Å². The maximum atomic E-state index is 12.4. The number of carbonyl (C=O) groups is 2. The van der Waals surface area contributed by atoms with Gasteiger partial charge in [-0.1, -0.05) is 72.0 Å². The summed E-state index contributed by atoms with van der Waals surface area (Å²) >= 11 is 0. The van der Waals surface area contributed by atoms with Gasteiger partial charge in [0, 0.05) is 19.4 Å². The second-order valence-electron chi connectivity index (χ2n) is 14.7. The summed E-state index contributed by atoms with van der Waals surface area (Å²) in [5, 5.41) is 11.6. The molecule has 0 aliphatic heterocycles. The van der Waals surface area contributed by atoms with Crippen LogP contribution in [0.3, 0.4) is 0 Å². The molecule has 0 bridgehead atoms. The van der Waals surface area contributed by atoms with E-state index in [0.717, 1.165) is 67.6 Å². The molecule has 3 fully saturated rings. The number of rotatable bonds is 12. The summed E-state index contributed by atoms with van der Waals surface area (Å²) in [5.41, 5.74) is 2.35. The van der Waals surface area contributed by atoms with Crippen LogP contribution in [-0.2, 0) is 9.53 Å². The van der Waals surface area contributed by atoms with Crippen LogP contribution in [0, 0.1) is 46.3 Å². The van der Waals surface area contributed by atoms with Crippen LogP contribution in [0.2, 0.25) is 0 Å². The molecule has 39 heavy (non-hydrogen) atoms. The fourth-order valence-corrected chi connectivity index (χ4v) is 9.71. The highest BCUT2D eigenvalue weighted by molar-refractivity contribution is 5.67. The Hall–Kier alpha value is -1.52. The molecule has 4 aliphatic carbocycles. The van der Waals surface area contributed by atoms with Crippen molar-refractivity contribution in [1.29, 1.82) is 0 Å². The molecular weight excluding hydrogens is 486 g/mol. The van der Waals surface area contributed by atoms with E-state index in [9.17, 15) is 9.59 Å². The van der Waals surface area contributed by atoms with E-state index in [0.29, 0.717) is 18.4 Å². The summed E-state index contributed by atoms with van der Waals surface area (Å²) in [6.45, 7) is 13.0. The van der Waals surface area contributed by atoms with Crippen LogP contribution in [0.1, 0.15) is 131 Å². The number of alkyl carbamates (subject to hydrolysis) is 1. The highest BCUT2D eigenvalue weighted by Gasteiger charge is 2.59. The van der Waals surface area contributed by atoms with E-state index in [1.54, 1.807) is 5.57 Å². The zero-order chi connectivity index (χ0) is 28.2. The second kappa shape index (κ2) is 13.0. The molecule has 3 saturated carbocycles. The van der Waals surface area contributed by atoms with E-state index in [1.807, 2.05) is 0 Å². The molecule has 5 nitrogen and oxygen atoms in total. The molecule has 0 radical (unpaired) electrons. The zero-order valence-electron chi connectivity index (χ0n) is 25.6. The molecular formula is C34H57NO4. The predicted molar refractivity (Wildman–Crippen MR) is 157 cm³/mol. The molecule has 0 aromatic rings. The Morgan fingerprint density at radius 2 is 1.79 bits per heavy atom. The Bertz CT molecular complexity index is 882. The number of ether oxygens (including phenoxy) is 1. The van der Waals surface area contributed by atoms with Gasteiger partial charge in [-0.3, -0.25) is 4.79 Å². The molecule has 5 heteroatoms. The first-order valence-electron chi connectivity index (χ1n) is 16.4. The first kappa shape index (κ1) is 30.4. The number of carbonyl (C=O) groups excluding carboxylic acids is 1. The summed E-state index contributed by atoms with van der Waals surface area (Å²) in [6.07, 6.45) is 18.7. The van der Waals surface area contributed by atoms with E-state index in [4.69, 9.17) is 9.84 Å². The van der Waals surface area contributed by atoms with Crippen LogP contribution in [0.5, 0.6) is 0 Å². The third kappa shape index (κ3) is 6.87. The summed E-state index contributed by atoms with van der Waals surface area (Å²) in [6, 6.07) is 0. The lowest BCUT2D eigenvalue weighted by Crippen LogP contribution is -2.51. The van der Waals surface area contributed by atoms with Crippen molar-refractivity contribution in [2.45, 2.75) is 137 Å². The van der Waals surface area contributed by atoms with Crippen molar-refractivity contribution in [1.82, 2.24) is 5.32 Å². The number of amides is 1. The molecule has 8 atom stereocenters. The molecule has 0 aromatic carbocycles. The summed E-state index contributed by atoms with van der Waals surface area (Å²) in [7, 11) is 0. The second-order valence-corrected chi connectivity index (χ2v) is 14.7. The first-order valence-corrected chi connectivity index (χ1v) is 16.4. The monoisotopic (exact) mass is 543 g/mol. The van der Waals surface area contributed by atoms with Crippen LogP contribution in [0.4, 0.5) is 4.79 Å². The summed E-state index contributed by atoms with van der Waals surface area (Å²) < 4.78 is 5.85. The van der Waals surface area contributed by atoms with Gasteiger partial charge in [0.05, 0.1) is 0 Å². The van der Waals surface area contributed by atoms with Gasteiger partial charge in [0.2, 0.25) is 0 Å². The van der Waals surface area contributed by atoms with Crippen molar-refractivity contribution < 1.29 is 19.4 Å². The number of hydrogen-bond donors (Lipinski definition) is 2. The molecule has 0 saturated heterocycles. The molecule has 1 amide bonds. The minimum Gasteiger partial charge on any atom is -0.481 e. The quantitative estimate of drug-likeness (QED) is 0.190. The minimum absolute atomic E-state index is 0.0238. The van der Waals surface area contributed by atoms with E-state index in [-0.39, 0.29) is 24.0 Å². The SMILES string of the molecule is CC(C)CCC[C@@H](C)C1CCC2[C@@H]3CC=C4C[C@@H](OC(=O)NCCCCCC(=O)O)CC[C@]4(C)C3CC[C@@]21C. The topological polar surface area (TPSA) is 75.6 Å². The lowest BCUT2D eigenvalue weighted by molar-refractivity contribution is -0.137. The van der Waals surface area contributed by atoms with Gasteiger partial charge < -0.3 is 15.2 Å². The third-order valence-corrected chi connectivity index (χ3v) is 11.9. The van der Waals surface area contributed by atoms with Crippen molar-refractivity contribution in [3.8, 4) is 0 Å². The zero-order valence-corrected chi connectivity index (χ0v) is 25.6. The van der Waals surface area contributed by atoms with Gasteiger partial charge in [-0.2, -0.15) is 0 Å². The molecule has 222 valence electrons. The Morgan fingerprint density at radius 1 is 1.00 bits per heavy atom. The fourth-order valence-electron chi connectivity index (χ4n) is 9.71. The predicted octanol–water partition coefficient (Wildman–Crippen LogP) is 8.77. The van der Waals surface area contributed by atoms with Gasteiger partial charge in [0.1, 0.15) is 6.10 Å². The maximum Gasteiger partial charge on any atom is 0.407 e. The molecule has 4 aliphatic rings. The van der Waals surface area contributed by atoms with Gasteiger partial charge in [0.15, 0.2) is 0 Å². The van der Waals surface area contributed by atoms with Crippen LogP contribution in [-0.4, -0.2) is 29.8 Å². The van der Waals surface area contributed by atoms with Crippen LogP contribution in [0.25, 0.3) is 0 Å². The van der Waals surface area contributed by atoms with E-state index in [1.165, 1.54) is 51.4 Å². The summed E-state index contributed by atoms with van der Waals surface area (Å²) in [5.74, 6) is 4.29. The molecule has 0 spiro atoms. The van der Waals surface area contributed by atoms with E-state index < -0.39 is 5.97 Å².